The Labute approximate surface area is 122 Å². The summed E-state index contributed by atoms with van der Waals surface area (Å²) in [6, 6.07) is 7.80. The van der Waals surface area contributed by atoms with Gasteiger partial charge in [0.15, 0.2) is 5.69 Å². The minimum absolute atomic E-state index is 0.0520. The predicted molar refractivity (Wildman–Crippen MR) is 79.9 cm³/mol. The van der Waals surface area contributed by atoms with Crippen LogP contribution in [0, 0.1) is 17.0 Å². The van der Waals surface area contributed by atoms with Gasteiger partial charge in [-0.3, -0.25) is 10.1 Å². The molecule has 6 heteroatoms. The lowest BCUT2D eigenvalue weighted by Gasteiger charge is -2.25. The summed E-state index contributed by atoms with van der Waals surface area (Å²) in [4.78, 5) is 18.7. The Morgan fingerprint density at radius 2 is 1.90 bits per heavy atom. The predicted octanol–water partition coefficient (Wildman–Crippen LogP) is 3.21. The summed E-state index contributed by atoms with van der Waals surface area (Å²) in [6.45, 7) is 1.57. The summed E-state index contributed by atoms with van der Waals surface area (Å²) >= 11 is 0. The Balaban J connectivity index is 2.04. The number of aryl methyl sites for hydroxylation is 1. The van der Waals surface area contributed by atoms with Crippen molar-refractivity contribution in [3.63, 3.8) is 0 Å². The maximum atomic E-state index is 11.2. The number of nitrogen functional groups attached to an aromatic ring is 1. The molecule has 3 rings (SSSR count). The average Bonchev–Trinajstić information content (AvgIpc) is 2.36. The molecule has 6 nitrogen and oxygen atoms in total. The van der Waals surface area contributed by atoms with E-state index < -0.39 is 4.92 Å². The molecule has 1 aliphatic rings. The zero-order chi connectivity index (χ0) is 15.0. The Morgan fingerprint density at radius 1 is 1.24 bits per heavy atom. The van der Waals surface area contributed by atoms with Gasteiger partial charge in [0, 0.05) is 5.56 Å². The van der Waals surface area contributed by atoms with E-state index in [1.807, 2.05) is 24.3 Å². The van der Waals surface area contributed by atoms with Gasteiger partial charge in [0.2, 0.25) is 5.95 Å². The Bertz CT molecular complexity index is 694. The Hall–Kier alpha value is -2.50. The van der Waals surface area contributed by atoms with E-state index in [-0.39, 0.29) is 23.0 Å². The van der Waals surface area contributed by atoms with Crippen LogP contribution in [0.25, 0.3) is 11.3 Å². The summed E-state index contributed by atoms with van der Waals surface area (Å²) in [5.41, 5.74) is 8.09. The van der Waals surface area contributed by atoms with Gasteiger partial charge in [0.05, 0.1) is 4.92 Å². The first-order chi connectivity index (χ1) is 10.1. The van der Waals surface area contributed by atoms with Gasteiger partial charge in [0.25, 0.3) is 0 Å². The highest BCUT2D eigenvalue weighted by Gasteiger charge is 2.23. The fraction of sp³-hybridized carbons (Fsp3) is 0.333. The van der Waals surface area contributed by atoms with Crippen LogP contribution in [0.15, 0.2) is 24.3 Å². The molecule has 1 aliphatic carbocycles. The molecular weight excluding hydrogens is 268 g/mol. The monoisotopic (exact) mass is 284 g/mol. The van der Waals surface area contributed by atoms with Crippen LogP contribution in [0.3, 0.4) is 0 Å². The molecule has 0 aliphatic heterocycles. The number of nitrogens with two attached hydrogens (primary N) is 1. The van der Waals surface area contributed by atoms with Gasteiger partial charge < -0.3 is 5.73 Å². The molecule has 1 heterocycles. The second-order valence-corrected chi connectivity index (χ2v) is 5.37. The van der Waals surface area contributed by atoms with Crippen molar-refractivity contribution in [2.45, 2.75) is 32.1 Å². The quantitative estimate of drug-likeness (QED) is 0.689. The summed E-state index contributed by atoms with van der Waals surface area (Å²) in [7, 11) is 0. The lowest BCUT2D eigenvalue weighted by molar-refractivity contribution is -0.385. The minimum atomic E-state index is -0.454. The van der Waals surface area contributed by atoms with Gasteiger partial charge in [-0.25, -0.2) is 9.97 Å². The van der Waals surface area contributed by atoms with E-state index in [1.54, 1.807) is 6.92 Å². The van der Waals surface area contributed by atoms with E-state index in [2.05, 4.69) is 9.97 Å². The molecule has 1 saturated carbocycles. The van der Waals surface area contributed by atoms with Gasteiger partial charge in [0.1, 0.15) is 5.69 Å². The second kappa shape index (κ2) is 5.12. The van der Waals surface area contributed by atoms with Crippen LogP contribution in [0.1, 0.15) is 36.4 Å². The van der Waals surface area contributed by atoms with Crippen molar-refractivity contribution in [2.75, 3.05) is 5.73 Å². The smallest absolute Gasteiger partial charge is 0.316 e. The first kappa shape index (κ1) is 13.5. The Morgan fingerprint density at radius 3 is 2.43 bits per heavy atom. The zero-order valence-corrected chi connectivity index (χ0v) is 11.7. The molecule has 0 amide bonds. The average molecular weight is 284 g/mol. The topological polar surface area (TPSA) is 94.9 Å². The third-order valence-electron chi connectivity index (χ3n) is 4.02. The molecule has 21 heavy (non-hydrogen) atoms. The minimum Gasteiger partial charge on any atom is -0.368 e. The lowest BCUT2D eigenvalue weighted by Crippen LogP contribution is -2.08. The number of anilines is 1. The van der Waals surface area contributed by atoms with Crippen molar-refractivity contribution in [1.29, 1.82) is 0 Å². The van der Waals surface area contributed by atoms with E-state index in [1.165, 1.54) is 24.8 Å². The largest absolute Gasteiger partial charge is 0.368 e. The van der Waals surface area contributed by atoms with E-state index in [4.69, 9.17) is 5.73 Å². The summed E-state index contributed by atoms with van der Waals surface area (Å²) in [5, 5.41) is 11.2. The highest BCUT2D eigenvalue weighted by molar-refractivity contribution is 5.71. The van der Waals surface area contributed by atoms with Gasteiger partial charge >= 0.3 is 5.69 Å². The van der Waals surface area contributed by atoms with E-state index >= 15 is 0 Å². The number of nitrogens with zero attached hydrogens (tertiary/aromatic N) is 3. The summed E-state index contributed by atoms with van der Waals surface area (Å²) in [6.07, 6.45) is 3.72. The number of benzene rings is 1. The number of nitro groups is 1. The van der Waals surface area contributed by atoms with E-state index in [0.717, 1.165) is 0 Å². The number of aromatic nitrogens is 2. The van der Waals surface area contributed by atoms with Crippen molar-refractivity contribution in [3.8, 4) is 11.3 Å². The highest BCUT2D eigenvalue weighted by Crippen LogP contribution is 2.37. The maximum absolute atomic E-state index is 11.2. The molecule has 1 fully saturated rings. The normalized spacial score (nSPS) is 14.7. The number of rotatable bonds is 3. The van der Waals surface area contributed by atoms with Crippen LogP contribution < -0.4 is 5.73 Å². The third-order valence-corrected chi connectivity index (χ3v) is 4.02. The first-order valence-corrected chi connectivity index (χ1v) is 6.95. The van der Waals surface area contributed by atoms with Crippen molar-refractivity contribution in [1.82, 2.24) is 9.97 Å². The fourth-order valence-electron chi connectivity index (χ4n) is 2.66. The molecule has 2 aromatic rings. The van der Waals surface area contributed by atoms with Gasteiger partial charge in [-0.05, 0) is 31.2 Å². The van der Waals surface area contributed by atoms with Crippen LogP contribution in [-0.2, 0) is 0 Å². The van der Waals surface area contributed by atoms with Gasteiger partial charge in [-0.1, -0.05) is 30.7 Å². The van der Waals surface area contributed by atoms with Gasteiger partial charge in [-0.2, -0.15) is 0 Å². The summed E-state index contributed by atoms with van der Waals surface area (Å²) < 4.78 is 0. The van der Waals surface area contributed by atoms with Crippen molar-refractivity contribution < 1.29 is 4.92 Å². The molecule has 1 aromatic carbocycles. The number of hydrogen-bond acceptors (Lipinski definition) is 5. The molecule has 108 valence electrons. The van der Waals surface area contributed by atoms with Crippen LogP contribution in [-0.4, -0.2) is 14.9 Å². The second-order valence-electron chi connectivity index (χ2n) is 5.37. The Kier molecular flexibility index (Phi) is 3.29. The fourth-order valence-corrected chi connectivity index (χ4v) is 2.66. The van der Waals surface area contributed by atoms with Crippen molar-refractivity contribution >= 4 is 11.6 Å². The molecule has 0 saturated heterocycles. The molecular formula is C15H16N4O2. The van der Waals surface area contributed by atoms with Crippen LogP contribution in [0.2, 0.25) is 0 Å². The SMILES string of the molecule is Cc1nc(N)nc(-c2ccc(C3CCC3)cc2)c1[N+](=O)[O-]. The van der Waals surface area contributed by atoms with E-state index in [0.29, 0.717) is 11.5 Å². The molecule has 0 bridgehead atoms. The molecule has 1 aromatic heterocycles. The molecule has 2 N–H and O–H groups in total. The number of hydrogen-bond donors (Lipinski definition) is 1. The maximum Gasteiger partial charge on any atom is 0.316 e. The molecule has 0 atom stereocenters. The van der Waals surface area contributed by atoms with Crippen LogP contribution in [0.4, 0.5) is 11.6 Å². The third kappa shape index (κ3) is 2.44. The van der Waals surface area contributed by atoms with Crippen molar-refractivity contribution in [2.24, 2.45) is 0 Å². The molecule has 0 unspecified atom stereocenters. The highest BCUT2D eigenvalue weighted by atomic mass is 16.6. The molecule has 0 radical (unpaired) electrons. The van der Waals surface area contributed by atoms with Gasteiger partial charge in [-0.15, -0.1) is 0 Å². The lowest BCUT2D eigenvalue weighted by atomic mass is 9.80. The van der Waals surface area contributed by atoms with E-state index in [9.17, 15) is 10.1 Å². The standard InChI is InChI=1S/C15H16N4O2/c1-9-14(19(20)21)13(18-15(16)17-9)12-7-5-11(6-8-12)10-3-2-4-10/h5-8,10H,2-4H2,1H3,(H2,16,17,18). The summed E-state index contributed by atoms with van der Waals surface area (Å²) in [5.74, 6) is 0.683. The molecule has 0 spiro atoms. The van der Waals surface area contributed by atoms with Crippen LogP contribution >= 0.6 is 0 Å². The zero-order valence-electron chi connectivity index (χ0n) is 11.7. The van der Waals surface area contributed by atoms with Crippen LogP contribution in [0.5, 0.6) is 0 Å². The van der Waals surface area contributed by atoms with Crippen molar-refractivity contribution in [3.05, 3.63) is 45.6 Å². The first-order valence-electron chi connectivity index (χ1n) is 6.95.